The molecule has 4 heteroatoms. The van der Waals surface area contributed by atoms with Crippen LogP contribution in [0.25, 0.3) is 0 Å². The van der Waals surface area contributed by atoms with Gasteiger partial charge in [-0.1, -0.05) is 0 Å². The van der Waals surface area contributed by atoms with E-state index < -0.39 is 11.6 Å². The van der Waals surface area contributed by atoms with Crippen molar-refractivity contribution < 1.29 is 8.78 Å². The predicted molar refractivity (Wildman–Crippen MR) is 73.2 cm³/mol. The van der Waals surface area contributed by atoms with E-state index in [1.54, 1.807) is 0 Å². The lowest BCUT2D eigenvalue weighted by atomic mass is 10.1. The van der Waals surface area contributed by atoms with E-state index in [1.807, 2.05) is 0 Å². The van der Waals surface area contributed by atoms with Gasteiger partial charge in [0.2, 0.25) is 0 Å². The van der Waals surface area contributed by atoms with Crippen LogP contribution in [0.15, 0.2) is 18.2 Å². The molecule has 1 heterocycles. The van der Waals surface area contributed by atoms with Crippen LogP contribution in [-0.2, 0) is 6.42 Å². The largest absolute Gasteiger partial charge is 0.316 e. The molecule has 106 valence electrons. The molecule has 1 saturated heterocycles. The molecule has 1 N–H and O–H groups in total. The second kappa shape index (κ2) is 7.56. The van der Waals surface area contributed by atoms with Crippen molar-refractivity contribution >= 4 is 0 Å². The van der Waals surface area contributed by atoms with E-state index in [4.69, 9.17) is 0 Å². The van der Waals surface area contributed by atoms with Crippen molar-refractivity contribution in [3.05, 3.63) is 35.4 Å². The Morgan fingerprint density at radius 2 is 1.68 bits per heavy atom. The summed E-state index contributed by atoms with van der Waals surface area (Å²) in [5.41, 5.74) is 0.713. The summed E-state index contributed by atoms with van der Waals surface area (Å²) in [6, 6.07) is 3.71. The summed E-state index contributed by atoms with van der Waals surface area (Å²) in [7, 11) is 0. The van der Waals surface area contributed by atoms with Crippen molar-refractivity contribution in [1.29, 1.82) is 0 Å². The molecule has 2 rings (SSSR count). The second-order valence-corrected chi connectivity index (χ2v) is 5.18. The highest BCUT2D eigenvalue weighted by Gasteiger charge is 2.09. The monoisotopic (exact) mass is 268 g/mol. The Hall–Kier alpha value is -1.00. The first kappa shape index (κ1) is 14.4. The normalized spacial score (nSPS) is 16.1. The smallest absolute Gasteiger partial charge is 0.126 e. The zero-order valence-corrected chi connectivity index (χ0v) is 11.3. The first-order valence-electron chi connectivity index (χ1n) is 7.12. The van der Waals surface area contributed by atoms with Crippen molar-refractivity contribution in [2.75, 3.05) is 32.7 Å². The molecule has 0 atom stereocenters. The third-order valence-corrected chi connectivity index (χ3v) is 3.54. The van der Waals surface area contributed by atoms with E-state index in [-0.39, 0.29) is 0 Å². The van der Waals surface area contributed by atoms with Crippen molar-refractivity contribution in [2.45, 2.75) is 25.7 Å². The van der Waals surface area contributed by atoms with Crippen molar-refractivity contribution in [3.8, 4) is 0 Å². The molecular weight excluding hydrogens is 246 g/mol. The summed E-state index contributed by atoms with van der Waals surface area (Å²) in [4.78, 5) is 2.49. The number of likely N-dealkylation sites (tertiary alicyclic amines) is 1. The molecule has 1 aromatic carbocycles. The molecule has 0 saturated carbocycles. The van der Waals surface area contributed by atoms with Crippen molar-refractivity contribution in [3.63, 3.8) is 0 Å². The molecule has 19 heavy (non-hydrogen) atoms. The van der Waals surface area contributed by atoms with Crippen LogP contribution in [0.2, 0.25) is 0 Å². The number of nitrogens with zero attached hydrogens (tertiary/aromatic N) is 1. The minimum atomic E-state index is -0.496. The lowest BCUT2D eigenvalue weighted by Crippen LogP contribution is -2.25. The molecule has 1 aromatic rings. The van der Waals surface area contributed by atoms with Crippen molar-refractivity contribution in [1.82, 2.24) is 10.2 Å². The lowest BCUT2D eigenvalue weighted by Gasteiger charge is -2.14. The van der Waals surface area contributed by atoms with Gasteiger partial charge in [-0.3, -0.25) is 0 Å². The summed E-state index contributed by atoms with van der Waals surface area (Å²) in [6.07, 6.45) is 4.47. The minimum Gasteiger partial charge on any atom is -0.316 e. The van der Waals surface area contributed by atoms with E-state index in [2.05, 4.69) is 10.2 Å². The van der Waals surface area contributed by atoms with Crippen LogP contribution < -0.4 is 5.32 Å². The third kappa shape index (κ3) is 5.25. The predicted octanol–water partition coefficient (Wildman–Crippen LogP) is 2.58. The van der Waals surface area contributed by atoms with Gasteiger partial charge in [0.05, 0.1) is 0 Å². The minimum absolute atomic E-state index is 0.496. The van der Waals surface area contributed by atoms with Gasteiger partial charge >= 0.3 is 0 Å². The van der Waals surface area contributed by atoms with E-state index in [9.17, 15) is 8.78 Å². The number of halogens is 2. The summed E-state index contributed by atoms with van der Waals surface area (Å²) < 4.78 is 25.9. The highest BCUT2D eigenvalue weighted by Crippen LogP contribution is 2.08. The Morgan fingerprint density at radius 1 is 1.00 bits per heavy atom. The fraction of sp³-hybridized carbons (Fsp3) is 0.600. The topological polar surface area (TPSA) is 15.3 Å². The molecule has 0 radical (unpaired) electrons. The number of hydrogen-bond donors (Lipinski definition) is 1. The molecule has 1 aliphatic heterocycles. The Labute approximate surface area is 113 Å². The van der Waals surface area contributed by atoms with Gasteiger partial charge in [0.1, 0.15) is 11.6 Å². The average Bonchev–Trinajstić information content (AvgIpc) is 2.85. The first-order chi connectivity index (χ1) is 9.24. The Morgan fingerprint density at radius 3 is 2.37 bits per heavy atom. The first-order valence-corrected chi connectivity index (χ1v) is 7.12. The van der Waals surface area contributed by atoms with Gasteiger partial charge < -0.3 is 10.2 Å². The van der Waals surface area contributed by atoms with Gasteiger partial charge in [0.15, 0.2) is 0 Å². The SMILES string of the molecule is Fc1cc(F)cc(CCNCCCN2CCCC2)c1. The molecule has 1 fully saturated rings. The highest BCUT2D eigenvalue weighted by atomic mass is 19.1. The summed E-state index contributed by atoms with van der Waals surface area (Å²) in [6.45, 7) is 5.37. The number of nitrogens with one attached hydrogen (secondary N) is 1. The molecule has 2 nitrogen and oxygen atoms in total. The zero-order valence-electron chi connectivity index (χ0n) is 11.3. The Bertz CT molecular complexity index is 369. The van der Waals surface area contributed by atoms with Gasteiger partial charge in [-0.25, -0.2) is 8.78 Å². The number of rotatable bonds is 7. The van der Waals surface area contributed by atoms with Gasteiger partial charge in [0, 0.05) is 6.07 Å². The van der Waals surface area contributed by atoms with E-state index in [1.165, 1.54) is 38.1 Å². The van der Waals surface area contributed by atoms with Crippen molar-refractivity contribution in [2.24, 2.45) is 0 Å². The molecule has 0 bridgehead atoms. The van der Waals surface area contributed by atoms with E-state index >= 15 is 0 Å². The van der Waals surface area contributed by atoms with Gasteiger partial charge in [0.25, 0.3) is 0 Å². The van der Waals surface area contributed by atoms with Crippen LogP contribution in [0.3, 0.4) is 0 Å². The molecule has 0 aliphatic carbocycles. The molecule has 1 aliphatic rings. The van der Waals surface area contributed by atoms with Crippen LogP contribution in [0.1, 0.15) is 24.8 Å². The number of hydrogen-bond acceptors (Lipinski definition) is 2. The van der Waals surface area contributed by atoms with Crippen LogP contribution in [-0.4, -0.2) is 37.6 Å². The lowest BCUT2D eigenvalue weighted by molar-refractivity contribution is 0.331. The molecule has 0 spiro atoms. The summed E-state index contributed by atoms with van der Waals surface area (Å²) in [5, 5.41) is 3.33. The maximum absolute atomic E-state index is 13.0. The van der Waals surface area contributed by atoms with Gasteiger partial charge in [-0.2, -0.15) is 0 Å². The van der Waals surface area contributed by atoms with Gasteiger partial charge in [-0.15, -0.1) is 0 Å². The fourth-order valence-electron chi connectivity index (χ4n) is 2.55. The summed E-state index contributed by atoms with van der Waals surface area (Å²) >= 11 is 0. The quantitative estimate of drug-likeness (QED) is 0.765. The molecule has 0 unspecified atom stereocenters. The third-order valence-electron chi connectivity index (χ3n) is 3.54. The maximum atomic E-state index is 13.0. The van der Waals surface area contributed by atoms with E-state index in [0.29, 0.717) is 12.0 Å². The second-order valence-electron chi connectivity index (χ2n) is 5.18. The average molecular weight is 268 g/mol. The van der Waals surface area contributed by atoms with Crippen LogP contribution >= 0.6 is 0 Å². The zero-order chi connectivity index (χ0) is 13.5. The van der Waals surface area contributed by atoms with E-state index in [0.717, 1.165) is 32.1 Å². The highest BCUT2D eigenvalue weighted by molar-refractivity contribution is 5.18. The summed E-state index contributed by atoms with van der Waals surface area (Å²) in [5.74, 6) is -0.993. The number of benzene rings is 1. The van der Waals surface area contributed by atoms with Crippen LogP contribution in [0, 0.1) is 11.6 Å². The standard InChI is InChI=1S/C15H22F2N2/c16-14-10-13(11-15(17)12-14)4-6-18-5-3-9-19-7-1-2-8-19/h10-12,18H,1-9H2. The maximum Gasteiger partial charge on any atom is 0.126 e. The molecular formula is C15H22F2N2. The molecule has 0 amide bonds. The fourth-order valence-corrected chi connectivity index (χ4v) is 2.55. The Kier molecular flexibility index (Phi) is 5.73. The molecule has 0 aromatic heterocycles. The van der Waals surface area contributed by atoms with Crippen LogP contribution in [0.5, 0.6) is 0 Å². The Balaban J connectivity index is 1.56. The van der Waals surface area contributed by atoms with Gasteiger partial charge in [-0.05, 0) is 76.1 Å². The van der Waals surface area contributed by atoms with Crippen LogP contribution in [0.4, 0.5) is 8.78 Å².